The van der Waals surface area contributed by atoms with Crippen molar-refractivity contribution in [3.63, 3.8) is 0 Å². The number of aromatic nitrogens is 2. The summed E-state index contributed by atoms with van der Waals surface area (Å²) in [5.74, 6) is 0.635. The van der Waals surface area contributed by atoms with Gasteiger partial charge in [-0.25, -0.2) is 0 Å². The average molecular weight is 418 g/mol. The third-order valence-corrected chi connectivity index (χ3v) is 5.61. The van der Waals surface area contributed by atoms with Gasteiger partial charge in [0.25, 0.3) is 5.91 Å². The van der Waals surface area contributed by atoms with Gasteiger partial charge in [0.05, 0.1) is 19.2 Å². The monoisotopic (exact) mass is 418 g/mol. The number of hydrogen-bond acceptors (Lipinski definition) is 4. The van der Waals surface area contributed by atoms with Crippen LogP contribution in [0.15, 0.2) is 60.7 Å². The average Bonchev–Trinajstić information content (AvgIpc) is 3.31. The van der Waals surface area contributed by atoms with E-state index in [0.29, 0.717) is 25.2 Å². The molecule has 0 unspecified atom stereocenters. The lowest BCUT2D eigenvalue weighted by Crippen LogP contribution is -2.47. The van der Waals surface area contributed by atoms with Crippen molar-refractivity contribution in [1.82, 2.24) is 20.4 Å². The van der Waals surface area contributed by atoms with Gasteiger partial charge in [0.2, 0.25) is 5.91 Å². The van der Waals surface area contributed by atoms with E-state index in [9.17, 15) is 9.59 Å². The van der Waals surface area contributed by atoms with Crippen molar-refractivity contribution in [1.29, 1.82) is 0 Å². The van der Waals surface area contributed by atoms with Crippen molar-refractivity contribution >= 4 is 11.8 Å². The normalized spacial score (nSPS) is 14.3. The van der Waals surface area contributed by atoms with Crippen LogP contribution in [0.2, 0.25) is 0 Å². The number of nitrogens with zero attached hydrogens (tertiary/aromatic N) is 2. The number of para-hydroxylation sites is 1. The lowest BCUT2D eigenvalue weighted by Gasteiger charge is -2.32. The third-order valence-electron chi connectivity index (χ3n) is 5.61. The van der Waals surface area contributed by atoms with Gasteiger partial charge in [0.15, 0.2) is 0 Å². The minimum atomic E-state index is -0.173. The van der Waals surface area contributed by atoms with Gasteiger partial charge in [-0.2, -0.15) is 5.10 Å². The molecule has 1 fully saturated rings. The Hall–Kier alpha value is -3.61. The van der Waals surface area contributed by atoms with Gasteiger partial charge in [0.1, 0.15) is 11.4 Å². The second kappa shape index (κ2) is 9.47. The van der Waals surface area contributed by atoms with E-state index in [2.05, 4.69) is 15.5 Å². The molecule has 0 atom stereocenters. The Bertz CT molecular complexity index is 1040. The number of rotatable bonds is 6. The van der Waals surface area contributed by atoms with Crippen LogP contribution in [0, 0.1) is 0 Å². The fraction of sp³-hybridized carbons (Fsp3) is 0.292. The molecular weight excluding hydrogens is 392 g/mol. The summed E-state index contributed by atoms with van der Waals surface area (Å²) in [5.41, 5.74) is 3.02. The third kappa shape index (κ3) is 4.94. The van der Waals surface area contributed by atoms with Crippen LogP contribution in [0.1, 0.15) is 28.9 Å². The Morgan fingerprint density at radius 3 is 2.55 bits per heavy atom. The van der Waals surface area contributed by atoms with Crippen molar-refractivity contribution in [2.24, 2.45) is 0 Å². The highest BCUT2D eigenvalue weighted by molar-refractivity contribution is 5.93. The molecule has 1 aliphatic rings. The van der Waals surface area contributed by atoms with Crippen LogP contribution in [0.25, 0.3) is 11.3 Å². The first-order valence-electron chi connectivity index (χ1n) is 10.5. The van der Waals surface area contributed by atoms with Crippen molar-refractivity contribution in [3.8, 4) is 17.0 Å². The molecule has 0 radical (unpaired) electrons. The molecule has 3 aromatic rings. The Balaban J connectivity index is 1.29. The van der Waals surface area contributed by atoms with E-state index in [4.69, 9.17) is 4.74 Å². The number of amides is 2. The molecule has 1 saturated heterocycles. The molecule has 7 nitrogen and oxygen atoms in total. The van der Waals surface area contributed by atoms with Crippen LogP contribution in [-0.4, -0.2) is 53.2 Å². The maximum atomic E-state index is 12.7. The van der Waals surface area contributed by atoms with Gasteiger partial charge in [-0.05, 0) is 25.0 Å². The smallest absolute Gasteiger partial charge is 0.269 e. The minimum absolute atomic E-state index is 0.0336. The highest BCUT2D eigenvalue weighted by Gasteiger charge is 2.25. The van der Waals surface area contributed by atoms with Gasteiger partial charge < -0.3 is 15.0 Å². The van der Waals surface area contributed by atoms with Crippen molar-refractivity contribution < 1.29 is 14.3 Å². The Labute approximate surface area is 181 Å². The van der Waals surface area contributed by atoms with Gasteiger partial charge >= 0.3 is 0 Å². The first kappa shape index (κ1) is 20.7. The van der Waals surface area contributed by atoms with E-state index in [1.165, 1.54) is 0 Å². The molecule has 4 rings (SSSR count). The van der Waals surface area contributed by atoms with Crippen molar-refractivity contribution in [2.45, 2.75) is 25.3 Å². The van der Waals surface area contributed by atoms with Gasteiger partial charge in [-0.3, -0.25) is 14.7 Å². The zero-order valence-electron chi connectivity index (χ0n) is 17.5. The molecule has 2 heterocycles. The number of nitrogens with one attached hydrogen (secondary N) is 2. The number of aromatic amines is 1. The maximum Gasteiger partial charge on any atom is 0.269 e. The first-order valence-corrected chi connectivity index (χ1v) is 10.5. The van der Waals surface area contributed by atoms with E-state index < -0.39 is 0 Å². The molecule has 2 amide bonds. The van der Waals surface area contributed by atoms with Crippen LogP contribution in [0.4, 0.5) is 0 Å². The van der Waals surface area contributed by atoms with Crippen LogP contribution in [0.5, 0.6) is 5.75 Å². The second-order valence-electron chi connectivity index (χ2n) is 7.65. The Morgan fingerprint density at radius 1 is 1.10 bits per heavy atom. The topological polar surface area (TPSA) is 87.3 Å². The van der Waals surface area contributed by atoms with Crippen LogP contribution in [-0.2, 0) is 11.2 Å². The summed E-state index contributed by atoms with van der Waals surface area (Å²) in [7, 11) is 1.61. The standard InChI is InChI=1S/C24H26N4O3/c1-31-22-10-6-5-9-18(22)15-23(29)28-13-11-19(12-14-28)25-24(30)21-16-20(26-27-21)17-7-3-2-4-8-17/h2-10,16,19H,11-15H2,1H3,(H,25,30)(H,26,27). The number of methoxy groups -OCH3 is 1. The van der Waals surface area contributed by atoms with E-state index in [1.54, 1.807) is 13.2 Å². The van der Waals surface area contributed by atoms with E-state index in [0.717, 1.165) is 35.4 Å². The van der Waals surface area contributed by atoms with Crippen molar-refractivity contribution in [2.75, 3.05) is 20.2 Å². The number of piperidine rings is 1. The summed E-state index contributed by atoms with van der Waals surface area (Å²) in [5, 5.41) is 10.1. The molecule has 1 aliphatic heterocycles. The Morgan fingerprint density at radius 2 is 1.81 bits per heavy atom. The predicted octanol–water partition coefficient (Wildman–Crippen LogP) is 3.05. The number of benzene rings is 2. The molecule has 7 heteroatoms. The van der Waals surface area contributed by atoms with Crippen molar-refractivity contribution in [3.05, 3.63) is 71.9 Å². The number of H-pyrrole nitrogens is 1. The minimum Gasteiger partial charge on any atom is -0.496 e. The summed E-state index contributed by atoms with van der Waals surface area (Å²) in [6.45, 7) is 1.24. The second-order valence-corrected chi connectivity index (χ2v) is 7.65. The van der Waals surface area contributed by atoms with E-state index in [-0.39, 0.29) is 17.9 Å². The number of likely N-dealkylation sites (tertiary alicyclic amines) is 1. The summed E-state index contributed by atoms with van der Waals surface area (Å²) in [6, 6.07) is 19.1. The molecule has 0 spiro atoms. The highest BCUT2D eigenvalue weighted by Crippen LogP contribution is 2.20. The molecule has 2 aromatic carbocycles. The zero-order chi connectivity index (χ0) is 21.6. The first-order chi connectivity index (χ1) is 15.1. The Kier molecular flexibility index (Phi) is 6.31. The van der Waals surface area contributed by atoms with Gasteiger partial charge in [0, 0.05) is 30.3 Å². The molecule has 1 aromatic heterocycles. The van der Waals surface area contributed by atoms with E-state index in [1.807, 2.05) is 59.5 Å². The summed E-state index contributed by atoms with van der Waals surface area (Å²) in [4.78, 5) is 27.2. The van der Waals surface area contributed by atoms with Gasteiger partial charge in [-0.15, -0.1) is 0 Å². The predicted molar refractivity (Wildman–Crippen MR) is 118 cm³/mol. The molecule has 31 heavy (non-hydrogen) atoms. The molecular formula is C24H26N4O3. The summed E-state index contributed by atoms with van der Waals surface area (Å²) in [6.07, 6.45) is 1.77. The maximum absolute atomic E-state index is 12.7. The number of hydrogen-bond donors (Lipinski definition) is 2. The highest BCUT2D eigenvalue weighted by atomic mass is 16.5. The summed E-state index contributed by atoms with van der Waals surface area (Å²) >= 11 is 0. The molecule has 2 N–H and O–H groups in total. The molecule has 0 aliphatic carbocycles. The van der Waals surface area contributed by atoms with E-state index >= 15 is 0 Å². The van der Waals surface area contributed by atoms with Crippen LogP contribution < -0.4 is 10.1 Å². The van der Waals surface area contributed by atoms with Gasteiger partial charge in [-0.1, -0.05) is 48.5 Å². The molecule has 160 valence electrons. The van der Waals surface area contributed by atoms with Crippen LogP contribution in [0.3, 0.4) is 0 Å². The SMILES string of the molecule is COc1ccccc1CC(=O)N1CCC(NC(=O)c2cc(-c3ccccc3)n[nH]2)CC1. The molecule has 0 bridgehead atoms. The molecule has 0 saturated carbocycles. The summed E-state index contributed by atoms with van der Waals surface area (Å²) < 4.78 is 5.34. The number of ether oxygens (including phenoxy) is 1. The number of carbonyl (C=O) groups is 2. The number of carbonyl (C=O) groups excluding carboxylic acids is 2. The quantitative estimate of drug-likeness (QED) is 0.644. The zero-order valence-corrected chi connectivity index (χ0v) is 17.5. The fourth-order valence-corrected chi connectivity index (χ4v) is 3.85. The van der Waals surface area contributed by atoms with Crippen LogP contribution >= 0.6 is 0 Å². The largest absolute Gasteiger partial charge is 0.496 e. The lowest BCUT2D eigenvalue weighted by atomic mass is 10.0. The fourth-order valence-electron chi connectivity index (χ4n) is 3.85. The lowest BCUT2D eigenvalue weighted by molar-refractivity contribution is -0.131.